The average Bonchev–Trinajstić information content (AvgIpc) is 3.16. The molecule has 4 nitrogen and oxygen atoms in total. The van der Waals surface area contributed by atoms with Crippen LogP contribution in [0.2, 0.25) is 0 Å². The number of alkyl halides is 2. The molecule has 2 unspecified atom stereocenters. The second-order valence-electron chi connectivity index (χ2n) is 5.87. The highest BCUT2D eigenvalue weighted by atomic mass is 19.3. The summed E-state index contributed by atoms with van der Waals surface area (Å²) in [6.45, 7) is 4.29. The van der Waals surface area contributed by atoms with E-state index in [1.54, 1.807) is 20.8 Å². The lowest BCUT2D eigenvalue weighted by Gasteiger charge is -2.50. The fourth-order valence-electron chi connectivity index (χ4n) is 2.76. The lowest BCUT2D eigenvalue weighted by molar-refractivity contribution is -0.165. The van der Waals surface area contributed by atoms with Gasteiger partial charge >= 0.3 is 0 Å². The van der Waals surface area contributed by atoms with E-state index >= 15 is 0 Å². The van der Waals surface area contributed by atoms with Crippen molar-refractivity contribution >= 4 is 11.8 Å². The van der Waals surface area contributed by atoms with Gasteiger partial charge in [-0.25, -0.2) is 8.78 Å². The summed E-state index contributed by atoms with van der Waals surface area (Å²) >= 11 is 0. The van der Waals surface area contributed by atoms with Gasteiger partial charge in [0, 0.05) is 0 Å². The van der Waals surface area contributed by atoms with Crippen LogP contribution in [0, 0.1) is 5.92 Å². The molecule has 1 saturated carbocycles. The maximum absolute atomic E-state index is 12.8. The summed E-state index contributed by atoms with van der Waals surface area (Å²) in [6.07, 6.45) is -0.633. The molecule has 108 valence electrons. The van der Waals surface area contributed by atoms with Crippen molar-refractivity contribution < 1.29 is 18.4 Å². The number of nitrogens with zero attached hydrogens (tertiary/aromatic N) is 1. The number of hydrogen-bond donors (Lipinski definition) is 1. The molecule has 2 fully saturated rings. The Morgan fingerprint density at radius 1 is 1.37 bits per heavy atom. The lowest BCUT2D eigenvalue weighted by atomic mass is 9.82. The molecule has 1 aliphatic heterocycles. The topological polar surface area (TPSA) is 49.4 Å². The van der Waals surface area contributed by atoms with E-state index in [0.717, 1.165) is 17.7 Å². The van der Waals surface area contributed by atoms with Gasteiger partial charge in [-0.3, -0.25) is 9.59 Å². The van der Waals surface area contributed by atoms with Gasteiger partial charge in [0.2, 0.25) is 11.8 Å². The van der Waals surface area contributed by atoms with E-state index in [9.17, 15) is 18.4 Å². The Hall–Kier alpha value is -1.20. The van der Waals surface area contributed by atoms with Gasteiger partial charge in [0.15, 0.2) is 0 Å². The zero-order chi connectivity index (χ0) is 14.4. The Labute approximate surface area is 111 Å². The predicted molar refractivity (Wildman–Crippen MR) is 65.7 cm³/mol. The highest BCUT2D eigenvalue weighted by Gasteiger charge is 2.60. The molecule has 2 amide bonds. The molecule has 0 aromatic heterocycles. The predicted octanol–water partition coefficient (Wildman–Crippen LogP) is 1.55. The highest BCUT2D eigenvalue weighted by Crippen LogP contribution is 2.46. The Balaban J connectivity index is 2.38. The molecular weight excluding hydrogens is 254 g/mol. The number of carbonyl (C=O) groups is 2. The molecule has 0 bridgehead atoms. The standard InChI is InChI=1S/C13H20F2N2O2/c1-4-12(2)11(19)17(7-9(14)15)13(3,8-5-6-8)10(18)16-12/h8-9H,4-7H2,1-3H3,(H,16,18). The van der Waals surface area contributed by atoms with E-state index in [1.807, 2.05) is 0 Å². The number of hydrogen-bond acceptors (Lipinski definition) is 2. The Bertz CT molecular complexity index is 411. The van der Waals surface area contributed by atoms with Crippen LogP contribution < -0.4 is 5.32 Å². The molecule has 1 aliphatic carbocycles. The molecule has 2 rings (SSSR count). The molecule has 0 spiro atoms. The first-order valence-electron chi connectivity index (χ1n) is 6.68. The number of rotatable bonds is 4. The van der Waals surface area contributed by atoms with Crippen LogP contribution in [-0.4, -0.2) is 40.8 Å². The minimum absolute atomic E-state index is 0.00314. The Kier molecular flexibility index (Phi) is 3.31. The van der Waals surface area contributed by atoms with E-state index in [-0.39, 0.29) is 11.8 Å². The fraction of sp³-hybridized carbons (Fsp3) is 0.846. The largest absolute Gasteiger partial charge is 0.340 e. The maximum atomic E-state index is 12.8. The third kappa shape index (κ3) is 2.11. The van der Waals surface area contributed by atoms with Gasteiger partial charge in [0.25, 0.3) is 6.43 Å². The van der Waals surface area contributed by atoms with E-state index < -0.39 is 30.0 Å². The second kappa shape index (κ2) is 4.42. The van der Waals surface area contributed by atoms with Crippen molar-refractivity contribution in [3.8, 4) is 0 Å². The van der Waals surface area contributed by atoms with Crippen LogP contribution in [0.1, 0.15) is 40.0 Å². The quantitative estimate of drug-likeness (QED) is 0.845. The van der Waals surface area contributed by atoms with Gasteiger partial charge in [-0.15, -0.1) is 0 Å². The molecule has 0 radical (unpaired) electrons. The molecule has 2 atom stereocenters. The number of halogens is 2. The van der Waals surface area contributed by atoms with Gasteiger partial charge in [-0.05, 0) is 39.0 Å². The van der Waals surface area contributed by atoms with Crippen molar-refractivity contribution in [2.45, 2.75) is 57.5 Å². The summed E-state index contributed by atoms with van der Waals surface area (Å²) in [5.74, 6) is -0.708. The third-order valence-corrected chi connectivity index (χ3v) is 4.53. The summed E-state index contributed by atoms with van der Waals surface area (Å²) in [7, 11) is 0. The summed E-state index contributed by atoms with van der Waals surface area (Å²) in [6, 6.07) is 0. The first-order valence-corrected chi connectivity index (χ1v) is 6.68. The zero-order valence-electron chi connectivity index (χ0n) is 11.5. The van der Waals surface area contributed by atoms with Gasteiger partial charge in [0.1, 0.15) is 11.1 Å². The third-order valence-electron chi connectivity index (χ3n) is 4.53. The molecule has 2 aliphatic rings. The first-order chi connectivity index (χ1) is 8.75. The van der Waals surface area contributed by atoms with Crippen LogP contribution in [0.15, 0.2) is 0 Å². The number of nitrogens with one attached hydrogen (secondary N) is 1. The lowest BCUT2D eigenvalue weighted by Crippen LogP contribution is -2.75. The van der Waals surface area contributed by atoms with Crippen molar-refractivity contribution in [1.82, 2.24) is 10.2 Å². The van der Waals surface area contributed by atoms with Crippen molar-refractivity contribution in [3.05, 3.63) is 0 Å². The van der Waals surface area contributed by atoms with E-state index in [2.05, 4.69) is 5.32 Å². The first kappa shape index (κ1) is 14.2. The van der Waals surface area contributed by atoms with E-state index in [0.29, 0.717) is 6.42 Å². The zero-order valence-corrected chi connectivity index (χ0v) is 11.5. The highest BCUT2D eigenvalue weighted by molar-refractivity contribution is 6.02. The summed E-state index contributed by atoms with van der Waals surface area (Å²) in [4.78, 5) is 26.0. The molecule has 0 aromatic rings. The molecule has 1 heterocycles. The van der Waals surface area contributed by atoms with Crippen LogP contribution in [-0.2, 0) is 9.59 Å². The molecule has 1 saturated heterocycles. The van der Waals surface area contributed by atoms with E-state index in [1.165, 1.54) is 0 Å². The van der Waals surface area contributed by atoms with E-state index in [4.69, 9.17) is 0 Å². The average molecular weight is 274 g/mol. The molecule has 1 N–H and O–H groups in total. The number of amides is 2. The molecular formula is C13H20F2N2O2. The van der Waals surface area contributed by atoms with Crippen LogP contribution in [0.5, 0.6) is 0 Å². The van der Waals surface area contributed by atoms with Crippen LogP contribution in [0.4, 0.5) is 8.78 Å². The number of piperazine rings is 1. The monoisotopic (exact) mass is 274 g/mol. The number of carbonyl (C=O) groups excluding carboxylic acids is 2. The summed E-state index contributed by atoms with van der Waals surface area (Å²) in [5, 5.41) is 2.73. The van der Waals surface area contributed by atoms with Gasteiger partial charge in [-0.2, -0.15) is 0 Å². The van der Waals surface area contributed by atoms with Crippen molar-refractivity contribution in [1.29, 1.82) is 0 Å². The summed E-state index contributed by atoms with van der Waals surface area (Å²) < 4.78 is 25.6. The summed E-state index contributed by atoms with van der Waals surface area (Å²) in [5.41, 5.74) is -2.19. The van der Waals surface area contributed by atoms with Crippen molar-refractivity contribution in [2.75, 3.05) is 6.54 Å². The SMILES string of the molecule is CCC1(C)NC(=O)C(C)(C2CC2)N(CC(F)F)C1=O. The minimum atomic E-state index is -2.63. The molecule has 19 heavy (non-hydrogen) atoms. The normalized spacial score (nSPS) is 35.8. The van der Waals surface area contributed by atoms with Gasteiger partial charge in [-0.1, -0.05) is 6.92 Å². The molecule has 6 heteroatoms. The van der Waals surface area contributed by atoms with Crippen LogP contribution in [0.25, 0.3) is 0 Å². The van der Waals surface area contributed by atoms with Crippen LogP contribution >= 0.6 is 0 Å². The Morgan fingerprint density at radius 3 is 2.37 bits per heavy atom. The second-order valence-corrected chi connectivity index (χ2v) is 5.87. The maximum Gasteiger partial charge on any atom is 0.255 e. The van der Waals surface area contributed by atoms with Crippen molar-refractivity contribution in [2.24, 2.45) is 5.92 Å². The minimum Gasteiger partial charge on any atom is -0.340 e. The molecule has 0 aromatic carbocycles. The van der Waals surface area contributed by atoms with Crippen molar-refractivity contribution in [3.63, 3.8) is 0 Å². The Morgan fingerprint density at radius 2 is 1.95 bits per heavy atom. The fourth-order valence-corrected chi connectivity index (χ4v) is 2.76. The van der Waals surface area contributed by atoms with Gasteiger partial charge in [0.05, 0.1) is 6.54 Å². The van der Waals surface area contributed by atoms with Gasteiger partial charge < -0.3 is 10.2 Å². The van der Waals surface area contributed by atoms with Crippen LogP contribution in [0.3, 0.4) is 0 Å². The smallest absolute Gasteiger partial charge is 0.255 e.